The molecule has 28 heavy (non-hydrogen) atoms. The number of hydrogen-bond donors (Lipinski definition) is 0. The third kappa shape index (κ3) is 2.94. The molecule has 0 bridgehead atoms. The molecule has 0 saturated carbocycles. The molecule has 0 N–H and O–H groups in total. The minimum atomic E-state index is -2.18. The van der Waals surface area contributed by atoms with Crippen molar-refractivity contribution in [1.29, 1.82) is 0 Å². The fraction of sp³-hybridized carbons (Fsp3) is 0.0833. The molecule has 0 saturated heterocycles. The van der Waals surface area contributed by atoms with Crippen LogP contribution >= 0.6 is 15.4 Å². The third-order valence-corrected chi connectivity index (χ3v) is 13.1. The predicted octanol–water partition coefficient (Wildman–Crippen LogP) is 4.18. The number of benzene rings is 4. The molecule has 0 aromatic heterocycles. The maximum absolute atomic E-state index is 6.63. The van der Waals surface area contributed by atoms with Crippen LogP contribution in [0.5, 0.6) is 0 Å². The average molecular weight is 533 g/mol. The van der Waals surface area contributed by atoms with E-state index in [0.717, 1.165) is 12.8 Å². The molecule has 0 heterocycles. The van der Waals surface area contributed by atoms with Gasteiger partial charge in [-0.1, -0.05) is 0 Å². The Hall–Kier alpha value is -1.00. The van der Waals surface area contributed by atoms with E-state index in [-0.39, 0.29) is 0 Å². The summed E-state index contributed by atoms with van der Waals surface area (Å²) in [6.45, 7) is -2.18. The summed E-state index contributed by atoms with van der Waals surface area (Å²) in [7, 11) is 6.55. The first-order valence-electron chi connectivity index (χ1n) is 9.31. The molecular weight excluding hydrogens is 514 g/mol. The Labute approximate surface area is 185 Å². The molecule has 138 valence electrons. The van der Waals surface area contributed by atoms with Crippen molar-refractivity contribution in [2.45, 2.75) is 12.8 Å². The normalized spacial score (nSPS) is 13.2. The van der Waals surface area contributed by atoms with Gasteiger partial charge in [-0.2, -0.15) is 0 Å². The van der Waals surface area contributed by atoms with Crippen LogP contribution in [0.4, 0.5) is 0 Å². The summed E-state index contributed by atoms with van der Waals surface area (Å²) in [6.07, 6.45) is 2.25. The molecule has 4 aromatic rings. The van der Waals surface area contributed by atoms with E-state index in [0.29, 0.717) is 0 Å². The quantitative estimate of drug-likeness (QED) is 0.216. The van der Waals surface area contributed by atoms with Crippen molar-refractivity contribution in [2.75, 3.05) is 0 Å². The van der Waals surface area contributed by atoms with Gasteiger partial charge in [-0.3, -0.25) is 0 Å². The van der Waals surface area contributed by atoms with Gasteiger partial charge in [-0.05, 0) is 0 Å². The molecule has 4 aromatic carbocycles. The average Bonchev–Trinajstić information content (AvgIpc) is 3.19. The van der Waals surface area contributed by atoms with Crippen LogP contribution in [-0.2, 0) is 25.1 Å². The number of hydrogen-bond acceptors (Lipinski definition) is 1. The summed E-state index contributed by atoms with van der Waals surface area (Å²) >= 11 is 5.88. The Morgan fingerprint density at radius 3 is 1.75 bits per heavy atom. The van der Waals surface area contributed by atoms with Crippen LogP contribution in [-0.4, -0.2) is 19.8 Å². The van der Waals surface area contributed by atoms with E-state index in [1.165, 1.54) is 41.4 Å². The molecule has 0 radical (unpaired) electrons. The second kappa shape index (κ2) is 7.68. The molecular formula is C24H18ClPSTe. The zero-order chi connectivity index (χ0) is 19.1. The van der Waals surface area contributed by atoms with Gasteiger partial charge in [-0.25, -0.2) is 0 Å². The molecule has 1 aliphatic carbocycles. The fourth-order valence-corrected chi connectivity index (χ4v) is 10.6. The molecule has 4 heteroatoms. The van der Waals surface area contributed by atoms with E-state index in [9.17, 15) is 0 Å². The van der Waals surface area contributed by atoms with Gasteiger partial charge in [0.05, 0.1) is 0 Å². The molecule has 1 aliphatic rings. The van der Waals surface area contributed by atoms with Crippen molar-refractivity contribution < 1.29 is 0 Å². The molecule has 0 aliphatic heterocycles. The van der Waals surface area contributed by atoms with Crippen molar-refractivity contribution in [3.63, 3.8) is 0 Å². The van der Waals surface area contributed by atoms with Crippen LogP contribution < -0.4 is 19.5 Å². The Morgan fingerprint density at radius 1 is 0.679 bits per heavy atom. The van der Waals surface area contributed by atoms with Crippen molar-refractivity contribution >= 4 is 77.8 Å². The van der Waals surface area contributed by atoms with Gasteiger partial charge in [0.25, 0.3) is 0 Å². The Kier molecular flexibility index (Phi) is 5.21. The van der Waals surface area contributed by atoms with E-state index in [1.807, 2.05) is 0 Å². The fourth-order valence-electron chi connectivity index (χ4n) is 4.31. The monoisotopic (exact) mass is 534 g/mol. The Balaban J connectivity index is 1.91. The van der Waals surface area contributed by atoms with Crippen molar-refractivity contribution in [1.82, 2.24) is 0 Å². The predicted molar refractivity (Wildman–Crippen MR) is 129 cm³/mol. The van der Waals surface area contributed by atoms with E-state index in [2.05, 4.69) is 84.9 Å². The molecule has 0 nitrogen and oxygen atoms in total. The van der Waals surface area contributed by atoms with Crippen LogP contribution in [0.2, 0.25) is 0 Å². The van der Waals surface area contributed by atoms with Gasteiger partial charge < -0.3 is 0 Å². The first kappa shape index (κ1) is 19.0. The third-order valence-electron chi connectivity index (χ3n) is 5.60. The zero-order valence-electron chi connectivity index (χ0n) is 15.1. The van der Waals surface area contributed by atoms with Gasteiger partial charge in [0, 0.05) is 0 Å². The van der Waals surface area contributed by atoms with Gasteiger partial charge in [0.2, 0.25) is 0 Å². The van der Waals surface area contributed by atoms with Gasteiger partial charge in [0.15, 0.2) is 0 Å². The van der Waals surface area contributed by atoms with Crippen LogP contribution in [0.25, 0.3) is 10.8 Å². The van der Waals surface area contributed by atoms with E-state index < -0.39 is 26.3 Å². The summed E-state index contributed by atoms with van der Waals surface area (Å²) in [4.78, 5) is 0. The standard InChI is InChI=1S/C24H18ClPSTe/c25-28-22-16-14-18-12-11-17-13-15-21(24(22)23(17)18)26(27,19-7-3-1-4-8-19)20-9-5-2-6-10-20/h1-10,13-16H,11-12H2. The second-order valence-corrected chi connectivity index (χ2v) is 14.2. The molecule has 0 unspecified atom stereocenters. The Bertz CT molecular complexity index is 1110. The Morgan fingerprint density at radius 2 is 1.21 bits per heavy atom. The van der Waals surface area contributed by atoms with Crippen molar-refractivity contribution in [3.05, 3.63) is 96.1 Å². The molecule has 0 fully saturated rings. The first-order chi connectivity index (χ1) is 13.7. The molecule has 5 rings (SSSR count). The molecule has 0 atom stereocenters. The summed E-state index contributed by atoms with van der Waals surface area (Å²) in [5.41, 5.74) is 2.91. The van der Waals surface area contributed by atoms with Crippen molar-refractivity contribution in [2.24, 2.45) is 0 Å². The van der Waals surface area contributed by atoms with Gasteiger partial charge in [-0.15, -0.1) is 0 Å². The summed E-state index contributed by atoms with van der Waals surface area (Å²) in [5, 5.41) is 6.60. The van der Waals surface area contributed by atoms with Gasteiger partial charge >= 0.3 is 187 Å². The number of rotatable bonds is 4. The van der Waals surface area contributed by atoms with E-state index in [1.54, 1.807) is 0 Å². The second-order valence-electron chi connectivity index (χ2n) is 7.07. The first-order valence-corrected chi connectivity index (χ1v) is 16.2. The van der Waals surface area contributed by atoms with Crippen LogP contribution in [0.3, 0.4) is 0 Å². The maximum atomic E-state index is 6.63. The SMILES string of the molecule is [S-][P+](c1ccccc1)(c1ccccc1)c1ccc2c3c(ccc([Te]Cl)c13)CC2. The van der Waals surface area contributed by atoms with Crippen LogP contribution in [0.1, 0.15) is 11.1 Å². The number of halogens is 1. The van der Waals surface area contributed by atoms with Crippen LogP contribution in [0.15, 0.2) is 84.9 Å². The topological polar surface area (TPSA) is 0 Å². The van der Waals surface area contributed by atoms with Crippen molar-refractivity contribution in [3.8, 4) is 0 Å². The minimum absolute atomic E-state index is 0.745. The summed E-state index contributed by atoms with van der Waals surface area (Å²) in [5.74, 6) is 0. The van der Waals surface area contributed by atoms with Gasteiger partial charge in [0.1, 0.15) is 0 Å². The molecule has 0 amide bonds. The van der Waals surface area contributed by atoms with E-state index >= 15 is 0 Å². The van der Waals surface area contributed by atoms with E-state index in [4.69, 9.17) is 21.2 Å². The molecule has 0 spiro atoms. The summed E-state index contributed by atoms with van der Waals surface area (Å²) in [6, 6.07) is 30.6. The zero-order valence-corrected chi connectivity index (χ0v) is 19.9. The number of aryl methyl sites for hydroxylation is 2. The summed E-state index contributed by atoms with van der Waals surface area (Å²) < 4.78 is 1.32. The van der Waals surface area contributed by atoms with Crippen LogP contribution in [0, 0.1) is 0 Å².